The molecule has 0 bridgehead atoms. The van der Waals surface area contributed by atoms with E-state index >= 15 is 0 Å². The Morgan fingerprint density at radius 2 is 1.74 bits per heavy atom. The standard InChI is InChI=1S/C27H31FN4O2/c1-17(2)19-9-11-21(12-10-19)26(20-7-5-4-6-8-20)29-27(34)24-14-22(28)16-32(24)25(33)15-23-13-18(3)30-31-23/h4-13,17,22,24,26H,14-16H2,1-3H3,(H,29,34)(H,30,31)/t22-,24+,26+/m1/s1. The molecule has 4 rings (SSSR count). The smallest absolute Gasteiger partial charge is 0.243 e. The summed E-state index contributed by atoms with van der Waals surface area (Å²) in [5.41, 5.74) is 4.49. The minimum atomic E-state index is -1.23. The summed E-state index contributed by atoms with van der Waals surface area (Å²) in [6, 6.07) is 18.4. The number of amides is 2. The fraction of sp³-hybridized carbons (Fsp3) is 0.370. The van der Waals surface area contributed by atoms with Gasteiger partial charge in [-0.15, -0.1) is 0 Å². The summed E-state index contributed by atoms with van der Waals surface area (Å²) in [6.45, 7) is 6.01. The average Bonchev–Trinajstić information content (AvgIpc) is 3.43. The fourth-order valence-corrected chi connectivity index (χ4v) is 4.46. The van der Waals surface area contributed by atoms with Crippen molar-refractivity contribution < 1.29 is 14.0 Å². The van der Waals surface area contributed by atoms with Gasteiger partial charge in [-0.3, -0.25) is 14.7 Å². The molecular formula is C27H31FN4O2. The normalized spacial score (nSPS) is 18.8. The zero-order valence-electron chi connectivity index (χ0n) is 19.8. The lowest BCUT2D eigenvalue weighted by atomic mass is 9.95. The van der Waals surface area contributed by atoms with Gasteiger partial charge in [0.25, 0.3) is 0 Å². The van der Waals surface area contributed by atoms with Crippen LogP contribution in [0, 0.1) is 6.92 Å². The number of carbonyl (C=O) groups excluding carboxylic acids is 2. The summed E-state index contributed by atoms with van der Waals surface area (Å²) >= 11 is 0. The number of nitrogens with one attached hydrogen (secondary N) is 2. The Labute approximate surface area is 199 Å². The number of rotatable bonds is 7. The number of carbonyl (C=O) groups is 2. The summed E-state index contributed by atoms with van der Waals surface area (Å²) < 4.78 is 14.4. The highest BCUT2D eigenvalue weighted by atomic mass is 19.1. The van der Waals surface area contributed by atoms with Crippen LogP contribution in [-0.4, -0.2) is 45.7 Å². The zero-order valence-corrected chi connectivity index (χ0v) is 19.8. The van der Waals surface area contributed by atoms with E-state index in [0.29, 0.717) is 11.6 Å². The first-order chi connectivity index (χ1) is 16.3. The molecule has 2 amide bonds. The van der Waals surface area contributed by atoms with Crippen molar-refractivity contribution in [3.8, 4) is 0 Å². The molecule has 1 aliphatic heterocycles. The van der Waals surface area contributed by atoms with Crippen molar-refractivity contribution in [2.24, 2.45) is 0 Å². The minimum absolute atomic E-state index is 0.00657. The van der Waals surface area contributed by atoms with E-state index in [0.717, 1.165) is 16.8 Å². The number of hydrogen-bond donors (Lipinski definition) is 2. The van der Waals surface area contributed by atoms with Gasteiger partial charge >= 0.3 is 0 Å². The summed E-state index contributed by atoms with van der Waals surface area (Å²) in [6.07, 6.45) is -1.19. The van der Waals surface area contributed by atoms with Crippen LogP contribution in [0.5, 0.6) is 0 Å². The van der Waals surface area contributed by atoms with Crippen molar-refractivity contribution in [2.75, 3.05) is 6.54 Å². The molecule has 7 heteroatoms. The number of benzene rings is 2. The topological polar surface area (TPSA) is 78.1 Å². The second kappa shape index (κ2) is 10.2. The highest BCUT2D eigenvalue weighted by Crippen LogP contribution is 2.27. The van der Waals surface area contributed by atoms with Crippen LogP contribution in [0.15, 0.2) is 60.7 Å². The van der Waals surface area contributed by atoms with Gasteiger partial charge in [0.2, 0.25) is 11.8 Å². The van der Waals surface area contributed by atoms with Gasteiger partial charge in [0.1, 0.15) is 12.2 Å². The van der Waals surface area contributed by atoms with Crippen LogP contribution in [0.2, 0.25) is 0 Å². The molecule has 2 N–H and O–H groups in total. The van der Waals surface area contributed by atoms with Crippen molar-refractivity contribution in [3.63, 3.8) is 0 Å². The number of aromatic nitrogens is 2. The summed E-state index contributed by atoms with van der Waals surface area (Å²) in [4.78, 5) is 27.7. The average molecular weight is 463 g/mol. The number of aryl methyl sites for hydroxylation is 1. The first kappa shape index (κ1) is 23.7. The SMILES string of the molecule is Cc1cc(CC(=O)N2C[C@H](F)C[C@H]2C(=O)N[C@@H](c2ccccc2)c2ccc(C(C)C)cc2)[nH]n1. The Hall–Kier alpha value is -3.48. The molecule has 1 fully saturated rings. The third-order valence-corrected chi connectivity index (χ3v) is 6.33. The molecule has 1 aromatic heterocycles. The van der Waals surface area contributed by atoms with Crippen molar-refractivity contribution in [3.05, 3.63) is 88.7 Å². The first-order valence-corrected chi connectivity index (χ1v) is 11.7. The van der Waals surface area contributed by atoms with Crippen molar-refractivity contribution in [1.82, 2.24) is 20.4 Å². The predicted molar refractivity (Wildman–Crippen MR) is 129 cm³/mol. The number of likely N-dealkylation sites (tertiary alicyclic amines) is 1. The molecule has 2 heterocycles. The maximum absolute atomic E-state index is 14.4. The molecule has 1 saturated heterocycles. The van der Waals surface area contributed by atoms with Gasteiger partial charge in [-0.2, -0.15) is 5.10 Å². The molecule has 0 unspecified atom stereocenters. The van der Waals surface area contributed by atoms with E-state index in [1.807, 2.05) is 49.4 Å². The summed E-state index contributed by atoms with van der Waals surface area (Å²) in [5.74, 6) is -0.241. The van der Waals surface area contributed by atoms with E-state index in [9.17, 15) is 14.0 Å². The van der Waals surface area contributed by atoms with Gasteiger partial charge in [0.15, 0.2) is 0 Å². The Morgan fingerprint density at radius 3 is 2.35 bits per heavy atom. The Balaban J connectivity index is 1.55. The second-order valence-electron chi connectivity index (χ2n) is 9.28. The van der Waals surface area contributed by atoms with Gasteiger partial charge in [-0.05, 0) is 35.6 Å². The van der Waals surface area contributed by atoms with Crippen LogP contribution in [0.25, 0.3) is 0 Å². The third kappa shape index (κ3) is 5.35. The second-order valence-corrected chi connectivity index (χ2v) is 9.28. The highest BCUT2D eigenvalue weighted by Gasteiger charge is 2.40. The molecule has 3 aromatic rings. The molecule has 3 atom stereocenters. The molecule has 0 saturated carbocycles. The molecule has 6 nitrogen and oxygen atoms in total. The van der Waals surface area contributed by atoms with Gasteiger partial charge in [-0.1, -0.05) is 68.4 Å². The largest absolute Gasteiger partial charge is 0.343 e. The quantitative estimate of drug-likeness (QED) is 0.552. The molecular weight excluding hydrogens is 431 g/mol. The Bertz CT molecular complexity index is 1130. The molecule has 0 radical (unpaired) electrons. The summed E-state index contributed by atoms with van der Waals surface area (Å²) in [7, 11) is 0. The van der Waals surface area contributed by atoms with Crippen LogP contribution in [0.4, 0.5) is 4.39 Å². The number of H-pyrrole nitrogens is 1. The number of aromatic amines is 1. The number of halogens is 1. The van der Waals surface area contributed by atoms with E-state index in [1.165, 1.54) is 10.5 Å². The minimum Gasteiger partial charge on any atom is -0.343 e. The van der Waals surface area contributed by atoms with Gasteiger partial charge in [-0.25, -0.2) is 4.39 Å². The van der Waals surface area contributed by atoms with E-state index < -0.39 is 18.3 Å². The van der Waals surface area contributed by atoms with E-state index in [1.54, 1.807) is 6.07 Å². The predicted octanol–water partition coefficient (Wildman–Crippen LogP) is 4.23. The number of hydrogen-bond acceptors (Lipinski definition) is 3. The highest BCUT2D eigenvalue weighted by molar-refractivity contribution is 5.89. The van der Waals surface area contributed by atoms with Gasteiger partial charge in [0.05, 0.1) is 24.7 Å². The van der Waals surface area contributed by atoms with Crippen molar-refractivity contribution in [1.29, 1.82) is 0 Å². The Morgan fingerprint density at radius 1 is 1.09 bits per heavy atom. The maximum atomic E-state index is 14.4. The molecule has 2 aromatic carbocycles. The molecule has 1 aliphatic rings. The molecule has 178 valence electrons. The van der Waals surface area contributed by atoms with Crippen LogP contribution >= 0.6 is 0 Å². The molecule has 0 aliphatic carbocycles. The summed E-state index contributed by atoms with van der Waals surface area (Å²) in [5, 5.41) is 9.94. The van der Waals surface area contributed by atoms with Crippen LogP contribution in [-0.2, 0) is 16.0 Å². The number of alkyl halides is 1. The van der Waals surface area contributed by atoms with Crippen LogP contribution in [0.1, 0.15) is 60.3 Å². The maximum Gasteiger partial charge on any atom is 0.243 e. The van der Waals surface area contributed by atoms with Crippen molar-refractivity contribution in [2.45, 2.75) is 57.8 Å². The van der Waals surface area contributed by atoms with Crippen molar-refractivity contribution >= 4 is 11.8 Å². The van der Waals surface area contributed by atoms with E-state index in [-0.39, 0.29) is 31.2 Å². The van der Waals surface area contributed by atoms with Crippen LogP contribution < -0.4 is 5.32 Å². The third-order valence-electron chi connectivity index (χ3n) is 6.33. The van der Waals surface area contributed by atoms with E-state index in [2.05, 4.69) is 41.5 Å². The number of nitrogens with zero attached hydrogens (tertiary/aromatic N) is 2. The van der Waals surface area contributed by atoms with Gasteiger partial charge < -0.3 is 10.2 Å². The monoisotopic (exact) mass is 462 g/mol. The van der Waals surface area contributed by atoms with Crippen LogP contribution in [0.3, 0.4) is 0 Å². The zero-order chi connectivity index (χ0) is 24.2. The fourth-order valence-electron chi connectivity index (χ4n) is 4.46. The Kier molecular flexibility index (Phi) is 7.10. The lowest BCUT2D eigenvalue weighted by Gasteiger charge is -2.27. The van der Waals surface area contributed by atoms with E-state index in [4.69, 9.17) is 0 Å². The first-order valence-electron chi connectivity index (χ1n) is 11.7. The lowest BCUT2D eigenvalue weighted by Crippen LogP contribution is -2.47. The molecule has 34 heavy (non-hydrogen) atoms. The lowest BCUT2D eigenvalue weighted by molar-refractivity contribution is -0.138. The van der Waals surface area contributed by atoms with Gasteiger partial charge in [0, 0.05) is 12.1 Å². The molecule has 0 spiro atoms.